The molecule has 3 rings (SSSR count). The molecular formula is C15H23N3O3. The van der Waals surface area contributed by atoms with E-state index >= 15 is 0 Å². The average Bonchev–Trinajstić information content (AvgIpc) is 2.98. The van der Waals surface area contributed by atoms with Crippen LogP contribution in [0.25, 0.3) is 0 Å². The van der Waals surface area contributed by atoms with Crippen LogP contribution in [0.3, 0.4) is 0 Å². The van der Waals surface area contributed by atoms with E-state index in [2.05, 4.69) is 15.5 Å². The number of carbonyl (C=O) groups excluding carboxylic acids is 1. The maximum Gasteiger partial charge on any atom is 0.267 e. The zero-order valence-corrected chi connectivity index (χ0v) is 12.5. The van der Waals surface area contributed by atoms with Crippen LogP contribution in [0.1, 0.15) is 49.8 Å². The largest absolute Gasteiger partial charge is 0.373 e. The molecule has 0 bridgehead atoms. The SMILES string of the molecule is Cc1[nH][nH]c(=O)c1CC(=O)N[C@H]1COC2(CCCCC2)C1. The number of nitrogens with one attached hydrogen (secondary N) is 3. The number of aryl methyl sites for hydroxylation is 1. The quantitative estimate of drug-likeness (QED) is 0.781. The third-order valence-corrected chi connectivity index (χ3v) is 4.77. The second-order valence-electron chi connectivity index (χ2n) is 6.38. The summed E-state index contributed by atoms with van der Waals surface area (Å²) < 4.78 is 5.99. The highest BCUT2D eigenvalue weighted by atomic mass is 16.5. The second-order valence-corrected chi connectivity index (χ2v) is 6.38. The van der Waals surface area contributed by atoms with Gasteiger partial charge in [-0.2, -0.15) is 0 Å². The fraction of sp³-hybridized carbons (Fsp3) is 0.733. The van der Waals surface area contributed by atoms with Gasteiger partial charge in [-0.1, -0.05) is 19.3 Å². The van der Waals surface area contributed by atoms with E-state index in [1.54, 1.807) is 6.92 Å². The van der Waals surface area contributed by atoms with Crippen LogP contribution >= 0.6 is 0 Å². The summed E-state index contributed by atoms with van der Waals surface area (Å²) in [5.74, 6) is -0.107. The minimum absolute atomic E-state index is 0.00231. The fourth-order valence-electron chi connectivity index (χ4n) is 3.61. The van der Waals surface area contributed by atoms with E-state index in [1.165, 1.54) is 19.3 Å². The molecule has 1 spiro atoms. The highest BCUT2D eigenvalue weighted by Crippen LogP contribution is 2.39. The molecule has 1 saturated carbocycles. The van der Waals surface area contributed by atoms with Crippen molar-refractivity contribution in [2.45, 2.75) is 63.5 Å². The maximum atomic E-state index is 12.1. The van der Waals surface area contributed by atoms with Crippen LogP contribution in [0.15, 0.2) is 4.79 Å². The average molecular weight is 293 g/mol. The van der Waals surface area contributed by atoms with Crippen LogP contribution in [-0.4, -0.2) is 34.4 Å². The maximum absolute atomic E-state index is 12.1. The van der Waals surface area contributed by atoms with Crippen molar-refractivity contribution < 1.29 is 9.53 Å². The number of rotatable bonds is 3. The number of hydrogen-bond acceptors (Lipinski definition) is 3. The molecule has 1 saturated heterocycles. The van der Waals surface area contributed by atoms with Crippen molar-refractivity contribution in [1.82, 2.24) is 15.5 Å². The van der Waals surface area contributed by atoms with Gasteiger partial charge in [0.2, 0.25) is 5.91 Å². The Balaban J connectivity index is 1.55. The molecule has 1 amide bonds. The molecule has 1 aromatic rings. The lowest BCUT2D eigenvalue weighted by Gasteiger charge is -2.32. The summed E-state index contributed by atoms with van der Waals surface area (Å²) in [6.07, 6.45) is 6.97. The van der Waals surface area contributed by atoms with Gasteiger partial charge < -0.3 is 15.2 Å². The molecule has 3 N–H and O–H groups in total. The fourth-order valence-corrected chi connectivity index (χ4v) is 3.61. The van der Waals surface area contributed by atoms with Crippen LogP contribution in [0.4, 0.5) is 0 Å². The summed E-state index contributed by atoms with van der Waals surface area (Å²) in [5, 5.41) is 8.25. The first-order valence-electron chi connectivity index (χ1n) is 7.77. The predicted molar refractivity (Wildman–Crippen MR) is 78.2 cm³/mol. The first-order valence-corrected chi connectivity index (χ1v) is 7.77. The number of aromatic nitrogens is 2. The van der Waals surface area contributed by atoms with Crippen LogP contribution in [0.2, 0.25) is 0 Å². The summed E-state index contributed by atoms with van der Waals surface area (Å²) in [6.45, 7) is 2.38. The molecule has 1 aliphatic heterocycles. The van der Waals surface area contributed by atoms with Crippen molar-refractivity contribution in [2.24, 2.45) is 0 Å². The van der Waals surface area contributed by atoms with E-state index in [0.29, 0.717) is 12.2 Å². The lowest BCUT2D eigenvalue weighted by molar-refractivity contribution is -0.121. The zero-order valence-electron chi connectivity index (χ0n) is 12.5. The highest BCUT2D eigenvalue weighted by Gasteiger charge is 2.41. The van der Waals surface area contributed by atoms with Crippen molar-refractivity contribution in [3.63, 3.8) is 0 Å². The van der Waals surface area contributed by atoms with Crippen molar-refractivity contribution in [3.8, 4) is 0 Å². The van der Waals surface area contributed by atoms with Crippen LogP contribution in [-0.2, 0) is 16.0 Å². The number of amides is 1. The van der Waals surface area contributed by atoms with E-state index in [1.807, 2.05) is 0 Å². The standard InChI is InChI=1S/C15H23N3O3/c1-10-12(14(20)18-17-10)7-13(19)16-11-8-15(21-9-11)5-3-2-4-6-15/h11H,2-9H2,1H3,(H,16,19)(H2,17,18,20)/t11-/m1/s1. The molecule has 6 nitrogen and oxygen atoms in total. The summed E-state index contributed by atoms with van der Waals surface area (Å²) in [7, 11) is 0. The van der Waals surface area contributed by atoms with Crippen LogP contribution in [0.5, 0.6) is 0 Å². The van der Waals surface area contributed by atoms with Gasteiger partial charge in [-0.15, -0.1) is 0 Å². The third-order valence-electron chi connectivity index (χ3n) is 4.77. The van der Waals surface area contributed by atoms with E-state index < -0.39 is 0 Å². The Kier molecular flexibility index (Phi) is 3.89. The smallest absolute Gasteiger partial charge is 0.267 e. The Morgan fingerprint density at radius 1 is 1.33 bits per heavy atom. The summed E-state index contributed by atoms with van der Waals surface area (Å²) in [5.41, 5.74) is 1.02. The van der Waals surface area contributed by atoms with Crippen molar-refractivity contribution >= 4 is 5.91 Å². The van der Waals surface area contributed by atoms with Crippen LogP contribution < -0.4 is 10.9 Å². The lowest BCUT2D eigenvalue weighted by atomic mass is 9.82. The summed E-state index contributed by atoms with van der Waals surface area (Å²) >= 11 is 0. The van der Waals surface area contributed by atoms with E-state index in [9.17, 15) is 9.59 Å². The minimum Gasteiger partial charge on any atom is -0.373 e. The molecule has 2 aliphatic rings. The van der Waals surface area contributed by atoms with Gasteiger partial charge in [0, 0.05) is 11.3 Å². The molecule has 6 heteroatoms. The van der Waals surface area contributed by atoms with Gasteiger partial charge in [-0.25, -0.2) is 0 Å². The summed E-state index contributed by atoms with van der Waals surface area (Å²) in [4.78, 5) is 23.7. The molecule has 0 radical (unpaired) electrons. The van der Waals surface area contributed by atoms with Crippen molar-refractivity contribution in [3.05, 3.63) is 21.6 Å². The van der Waals surface area contributed by atoms with Gasteiger partial charge in [0.25, 0.3) is 5.56 Å². The van der Waals surface area contributed by atoms with Crippen molar-refractivity contribution in [1.29, 1.82) is 0 Å². The van der Waals surface area contributed by atoms with E-state index in [-0.39, 0.29) is 29.5 Å². The number of aromatic amines is 2. The molecule has 1 aliphatic carbocycles. The number of hydrogen-bond donors (Lipinski definition) is 3. The number of ether oxygens (including phenoxy) is 1. The first kappa shape index (κ1) is 14.4. The van der Waals surface area contributed by atoms with Gasteiger partial charge in [0.15, 0.2) is 0 Å². The normalized spacial score (nSPS) is 24.3. The van der Waals surface area contributed by atoms with Crippen molar-refractivity contribution in [2.75, 3.05) is 6.61 Å². The third kappa shape index (κ3) is 3.05. The first-order chi connectivity index (χ1) is 10.1. The molecular weight excluding hydrogens is 270 g/mol. The number of H-pyrrole nitrogens is 2. The Morgan fingerprint density at radius 2 is 2.10 bits per heavy atom. The molecule has 0 unspecified atom stereocenters. The molecule has 1 aromatic heterocycles. The molecule has 0 aromatic carbocycles. The van der Waals surface area contributed by atoms with Gasteiger partial charge in [-0.3, -0.25) is 14.7 Å². The molecule has 2 heterocycles. The molecule has 2 fully saturated rings. The molecule has 21 heavy (non-hydrogen) atoms. The number of carbonyl (C=O) groups is 1. The highest BCUT2D eigenvalue weighted by molar-refractivity contribution is 5.79. The topological polar surface area (TPSA) is 87.0 Å². The lowest BCUT2D eigenvalue weighted by Crippen LogP contribution is -2.38. The Labute approximate surface area is 123 Å². The zero-order chi connectivity index (χ0) is 14.9. The predicted octanol–water partition coefficient (Wildman–Crippen LogP) is 1.16. The van der Waals surface area contributed by atoms with Gasteiger partial charge >= 0.3 is 0 Å². The summed E-state index contributed by atoms with van der Waals surface area (Å²) in [6, 6.07) is 0.0777. The molecule has 1 atom stereocenters. The van der Waals surface area contributed by atoms with Gasteiger partial charge in [0.1, 0.15) is 0 Å². The van der Waals surface area contributed by atoms with E-state index in [4.69, 9.17) is 4.74 Å². The monoisotopic (exact) mass is 293 g/mol. The van der Waals surface area contributed by atoms with Gasteiger partial charge in [0.05, 0.1) is 24.7 Å². The minimum atomic E-state index is -0.214. The molecule has 116 valence electrons. The Bertz CT molecular complexity index is 569. The van der Waals surface area contributed by atoms with Gasteiger partial charge in [-0.05, 0) is 26.2 Å². The Hall–Kier alpha value is -1.56. The van der Waals surface area contributed by atoms with Crippen LogP contribution in [0, 0.1) is 6.92 Å². The Morgan fingerprint density at radius 3 is 2.76 bits per heavy atom. The second kappa shape index (κ2) is 5.67. The van der Waals surface area contributed by atoms with E-state index in [0.717, 1.165) is 25.0 Å².